The summed E-state index contributed by atoms with van der Waals surface area (Å²) >= 11 is 0. The number of rotatable bonds is 5. The maximum atomic E-state index is 8.64. The van der Waals surface area contributed by atoms with Gasteiger partial charge in [-0.15, -0.1) is 0 Å². The SMILES string of the molecule is CCc1cc(CN(C)C(C)C(N)=NO)n(C)n1. The van der Waals surface area contributed by atoms with E-state index in [2.05, 4.69) is 23.2 Å². The molecule has 1 rings (SSSR count). The normalized spacial score (nSPS) is 14.3. The van der Waals surface area contributed by atoms with Gasteiger partial charge in [0.15, 0.2) is 5.84 Å². The number of hydrogen-bond donors (Lipinski definition) is 2. The zero-order valence-corrected chi connectivity index (χ0v) is 10.9. The molecule has 1 unspecified atom stereocenters. The minimum Gasteiger partial charge on any atom is -0.409 e. The van der Waals surface area contributed by atoms with Crippen LogP contribution in [0.3, 0.4) is 0 Å². The number of likely N-dealkylation sites (N-methyl/N-ethyl adjacent to an activating group) is 1. The van der Waals surface area contributed by atoms with Gasteiger partial charge in [-0.25, -0.2) is 0 Å². The van der Waals surface area contributed by atoms with Crippen molar-refractivity contribution in [1.82, 2.24) is 14.7 Å². The van der Waals surface area contributed by atoms with E-state index in [1.165, 1.54) is 0 Å². The monoisotopic (exact) mass is 239 g/mol. The molecular formula is C11H21N5O. The molecule has 1 atom stereocenters. The first kappa shape index (κ1) is 13.5. The molecule has 0 amide bonds. The second-order valence-electron chi connectivity index (χ2n) is 4.22. The third-order valence-corrected chi connectivity index (χ3v) is 3.01. The first-order valence-corrected chi connectivity index (χ1v) is 5.69. The van der Waals surface area contributed by atoms with Crippen LogP contribution >= 0.6 is 0 Å². The molecule has 0 saturated heterocycles. The molecule has 6 nitrogen and oxygen atoms in total. The van der Waals surface area contributed by atoms with Crippen molar-refractivity contribution in [2.24, 2.45) is 17.9 Å². The summed E-state index contributed by atoms with van der Waals surface area (Å²) in [5.41, 5.74) is 7.77. The van der Waals surface area contributed by atoms with Crippen LogP contribution in [0.5, 0.6) is 0 Å². The molecule has 0 aliphatic heterocycles. The van der Waals surface area contributed by atoms with Crippen molar-refractivity contribution in [2.45, 2.75) is 32.9 Å². The lowest BCUT2D eigenvalue weighted by atomic mass is 10.2. The molecule has 0 saturated carbocycles. The summed E-state index contributed by atoms with van der Waals surface area (Å²) in [6.07, 6.45) is 0.924. The van der Waals surface area contributed by atoms with Gasteiger partial charge in [-0.1, -0.05) is 12.1 Å². The second kappa shape index (κ2) is 5.67. The van der Waals surface area contributed by atoms with Crippen LogP contribution in [-0.4, -0.2) is 38.8 Å². The van der Waals surface area contributed by atoms with Crippen LogP contribution in [-0.2, 0) is 20.0 Å². The lowest BCUT2D eigenvalue weighted by Gasteiger charge is -2.23. The van der Waals surface area contributed by atoms with Gasteiger partial charge in [0.05, 0.1) is 17.4 Å². The molecule has 3 N–H and O–H groups in total. The molecule has 0 aliphatic carbocycles. The van der Waals surface area contributed by atoms with Gasteiger partial charge in [0, 0.05) is 13.6 Å². The van der Waals surface area contributed by atoms with Crippen LogP contribution in [0.15, 0.2) is 11.2 Å². The summed E-state index contributed by atoms with van der Waals surface area (Å²) in [4.78, 5) is 2.01. The van der Waals surface area contributed by atoms with Crippen molar-refractivity contribution in [3.8, 4) is 0 Å². The van der Waals surface area contributed by atoms with Crippen LogP contribution in [0, 0.1) is 0 Å². The quantitative estimate of drug-likeness (QED) is 0.340. The summed E-state index contributed by atoms with van der Waals surface area (Å²) in [5, 5.41) is 16.0. The molecule has 96 valence electrons. The highest BCUT2D eigenvalue weighted by Crippen LogP contribution is 2.08. The molecule has 1 aromatic heterocycles. The zero-order valence-electron chi connectivity index (χ0n) is 10.9. The van der Waals surface area contributed by atoms with Gasteiger partial charge in [0.25, 0.3) is 0 Å². The number of nitrogens with zero attached hydrogens (tertiary/aromatic N) is 4. The fraction of sp³-hybridized carbons (Fsp3) is 0.636. The third kappa shape index (κ3) is 3.20. The van der Waals surface area contributed by atoms with E-state index in [0.717, 1.165) is 17.8 Å². The summed E-state index contributed by atoms with van der Waals surface area (Å²) < 4.78 is 1.87. The maximum Gasteiger partial charge on any atom is 0.156 e. The molecule has 1 heterocycles. The maximum absolute atomic E-state index is 8.64. The lowest BCUT2D eigenvalue weighted by Crippen LogP contribution is -2.40. The Hall–Kier alpha value is -1.56. The molecule has 0 bridgehead atoms. The van der Waals surface area contributed by atoms with Crippen LogP contribution < -0.4 is 5.73 Å². The van der Waals surface area contributed by atoms with Gasteiger partial charge < -0.3 is 10.9 Å². The van der Waals surface area contributed by atoms with Crippen molar-refractivity contribution in [2.75, 3.05) is 7.05 Å². The molecular weight excluding hydrogens is 218 g/mol. The molecule has 17 heavy (non-hydrogen) atoms. The molecule has 0 fully saturated rings. The summed E-state index contributed by atoms with van der Waals surface area (Å²) in [7, 11) is 3.86. The minimum absolute atomic E-state index is 0.111. The number of aryl methyl sites for hydroxylation is 2. The highest BCUT2D eigenvalue weighted by Gasteiger charge is 2.15. The Labute approximate surface area is 102 Å². The van der Waals surface area contributed by atoms with E-state index in [0.29, 0.717) is 6.54 Å². The largest absolute Gasteiger partial charge is 0.409 e. The van der Waals surface area contributed by atoms with Gasteiger partial charge >= 0.3 is 0 Å². The van der Waals surface area contributed by atoms with Gasteiger partial charge in [0.1, 0.15) is 0 Å². The van der Waals surface area contributed by atoms with Gasteiger partial charge in [-0.3, -0.25) is 9.58 Å². The molecule has 0 spiro atoms. The number of amidine groups is 1. The van der Waals surface area contributed by atoms with Crippen molar-refractivity contribution >= 4 is 5.84 Å². The second-order valence-corrected chi connectivity index (χ2v) is 4.22. The van der Waals surface area contributed by atoms with Crippen LogP contribution in [0.2, 0.25) is 0 Å². The predicted octanol–water partition coefficient (Wildman–Crippen LogP) is 0.549. The minimum atomic E-state index is -0.111. The Morgan fingerprint density at radius 2 is 2.35 bits per heavy atom. The van der Waals surface area contributed by atoms with E-state index in [9.17, 15) is 0 Å². The highest BCUT2D eigenvalue weighted by atomic mass is 16.4. The van der Waals surface area contributed by atoms with E-state index >= 15 is 0 Å². The topological polar surface area (TPSA) is 79.7 Å². The van der Waals surface area contributed by atoms with E-state index in [1.807, 2.05) is 30.6 Å². The van der Waals surface area contributed by atoms with Gasteiger partial charge in [-0.2, -0.15) is 5.10 Å². The zero-order chi connectivity index (χ0) is 13.0. The van der Waals surface area contributed by atoms with Crippen molar-refractivity contribution in [1.29, 1.82) is 0 Å². The predicted molar refractivity (Wildman–Crippen MR) is 66.9 cm³/mol. The molecule has 0 radical (unpaired) electrons. The lowest BCUT2D eigenvalue weighted by molar-refractivity contribution is 0.274. The average molecular weight is 239 g/mol. The van der Waals surface area contributed by atoms with Crippen LogP contribution in [0.4, 0.5) is 0 Å². The van der Waals surface area contributed by atoms with E-state index in [4.69, 9.17) is 10.9 Å². The van der Waals surface area contributed by atoms with Crippen LogP contribution in [0.25, 0.3) is 0 Å². The Morgan fingerprint density at radius 3 is 2.82 bits per heavy atom. The van der Waals surface area contributed by atoms with Gasteiger partial charge in [0.2, 0.25) is 0 Å². The average Bonchev–Trinajstić information content (AvgIpc) is 2.68. The van der Waals surface area contributed by atoms with Crippen molar-refractivity contribution in [3.05, 3.63) is 17.5 Å². The summed E-state index contributed by atoms with van der Waals surface area (Å²) in [6.45, 7) is 4.68. The van der Waals surface area contributed by atoms with Crippen LogP contribution in [0.1, 0.15) is 25.2 Å². The summed E-state index contributed by atoms with van der Waals surface area (Å²) in [6, 6.07) is 1.97. The van der Waals surface area contributed by atoms with E-state index in [-0.39, 0.29) is 11.9 Å². The Bertz CT molecular complexity index is 399. The van der Waals surface area contributed by atoms with Gasteiger partial charge in [-0.05, 0) is 26.5 Å². The number of aromatic nitrogens is 2. The van der Waals surface area contributed by atoms with Crippen molar-refractivity contribution in [3.63, 3.8) is 0 Å². The highest BCUT2D eigenvalue weighted by molar-refractivity contribution is 5.84. The van der Waals surface area contributed by atoms with Crippen molar-refractivity contribution < 1.29 is 5.21 Å². The molecule has 6 heteroatoms. The van der Waals surface area contributed by atoms with E-state index in [1.54, 1.807) is 0 Å². The fourth-order valence-electron chi connectivity index (χ4n) is 1.59. The van der Waals surface area contributed by atoms with E-state index < -0.39 is 0 Å². The Kier molecular flexibility index (Phi) is 4.51. The number of nitrogens with two attached hydrogens (primary N) is 1. The summed E-state index contributed by atoms with van der Waals surface area (Å²) in [5.74, 6) is 0.213. The molecule has 1 aromatic rings. The molecule has 0 aliphatic rings. The third-order valence-electron chi connectivity index (χ3n) is 3.01. The Balaban J connectivity index is 2.73. The Morgan fingerprint density at radius 1 is 1.71 bits per heavy atom. The number of hydrogen-bond acceptors (Lipinski definition) is 4. The standard InChI is InChI=1S/C11H21N5O/c1-5-9-6-10(16(4)13-9)7-15(3)8(2)11(12)14-17/h6,8,17H,5,7H2,1-4H3,(H2,12,14). The first-order valence-electron chi connectivity index (χ1n) is 5.69. The first-order chi connectivity index (χ1) is 7.99. The fourth-order valence-corrected chi connectivity index (χ4v) is 1.59. The number of oxime groups is 1. The molecule has 0 aromatic carbocycles. The smallest absolute Gasteiger partial charge is 0.156 e.